The molecule has 1 atom stereocenters. The van der Waals surface area contributed by atoms with Crippen LogP contribution in [0, 0.1) is 0 Å². The smallest absolute Gasteiger partial charge is 0.260 e. The molecule has 0 aliphatic carbocycles. The largest absolute Gasteiger partial charge is 0.494 e. The Kier molecular flexibility index (Phi) is 7.57. The third-order valence-corrected chi connectivity index (χ3v) is 5.36. The van der Waals surface area contributed by atoms with Gasteiger partial charge < -0.3 is 19.7 Å². The Morgan fingerprint density at radius 3 is 2.43 bits per heavy atom. The van der Waals surface area contributed by atoms with Gasteiger partial charge in [-0.3, -0.25) is 9.59 Å². The van der Waals surface area contributed by atoms with Crippen molar-refractivity contribution in [3.63, 3.8) is 0 Å². The molecule has 1 saturated heterocycles. The number of likely N-dealkylation sites (tertiary alicyclic amines) is 1. The van der Waals surface area contributed by atoms with Crippen LogP contribution in [0.4, 0.5) is 0 Å². The Morgan fingerprint density at radius 2 is 1.80 bits per heavy atom. The van der Waals surface area contributed by atoms with Gasteiger partial charge in [-0.1, -0.05) is 23.7 Å². The second kappa shape index (κ2) is 10.3. The fraction of sp³-hybridized carbons (Fsp3) is 0.391. The maximum absolute atomic E-state index is 12.7. The third-order valence-electron chi connectivity index (χ3n) is 5.05. The minimum atomic E-state index is -0.659. The molecular weight excluding hydrogens is 404 g/mol. The predicted molar refractivity (Wildman–Crippen MR) is 116 cm³/mol. The van der Waals surface area contributed by atoms with E-state index in [-0.39, 0.29) is 17.9 Å². The van der Waals surface area contributed by atoms with Gasteiger partial charge in [0, 0.05) is 24.7 Å². The van der Waals surface area contributed by atoms with E-state index in [1.165, 1.54) is 0 Å². The number of piperidine rings is 1. The summed E-state index contributed by atoms with van der Waals surface area (Å²) < 4.78 is 11.1. The zero-order chi connectivity index (χ0) is 21.5. The van der Waals surface area contributed by atoms with Crippen molar-refractivity contribution in [2.75, 3.05) is 19.7 Å². The minimum Gasteiger partial charge on any atom is -0.494 e. The lowest BCUT2D eigenvalue weighted by Gasteiger charge is -2.33. The van der Waals surface area contributed by atoms with Crippen LogP contribution in [-0.4, -0.2) is 48.6 Å². The number of benzene rings is 2. The van der Waals surface area contributed by atoms with Crippen LogP contribution in [-0.2, 0) is 4.79 Å². The Balaban J connectivity index is 1.47. The standard InChI is InChI=1S/C23H27ClN2O4/c1-3-29-19-10-8-17(9-11-19)23(28)26-14-12-18(13-15-26)25-22(27)16(2)30-21-7-5-4-6-20(21)24/h4-11,16,18H,3,12-15H2,1-2H3,(H,25,27). The summed E-state index contributed by atoms with van der Waals surface area (Å²) in [6, 6.07) is 14.3. The number of nitrogens with zero attached hydrogens (tertiary/aromatic N) is 1. The SMILES string of the molecule is CCOc1ccc(C(=O)N2CCC(NC(=O)C(C)Oc3ccccc3Cl)CC2)cc1. The maximum atomic E-state index is 12.7. The van der Waals surface area contributed by atoms with Crippen LogP contribution < -0.4 is 14.8 Å². The first-order chi connectivity index (χ1) is 14.5. The summed E-state index contributed by atoms with van der Waals surface area (Å²) in [4.78, 5) is 27.0. The highest BCUT2D eigenvalue weighted by Gasteiger charge is 2.26. The number of para-hydroxylation sites is 1. The van der Waals surface area contributed by atoms with Crippen molar-refractivity contribution >= 4 is 23.4 Å². The lowest BCUT2D eigenvalue weighted by atomic mass is 10.0. The molecule has 6 nitrogen and oxygen atoms in total. The van der Waals surface area contributed by atoms with Gasteiger partial charge in [0.05, 0.1) is 11.6 Å². The van der Waals surface area contributed by atoms with E-state index in [0.29, 0.717) is 48.9 Å². The van der Waals surface area contributed by atoms with Gasteiger partial charge in [-0.15, -0.1) is 0 Å². The summed E-state index contributed by atoms with van der Waals surface area (Å²) in [6.07, 6.45) is 0.745. The first kappa shape index (κ1) is 22.0. The second-order valence-electron chi connectivity index (χ2n) is 7.22. The molecule has 3 rings (SSSR count). The van der Waals surface area contributed by atoms with Gasteiger partial charge in [-0.2, -0.15) is 0 Å². The Labute approximate surface area is 182 Å². The van der Waals surface area contributed by atoms with Gasteiger partial charge in [0.25, 0.3) is 11.8 Å². The normalized spacial score (nSPS) is 15.4. The van der Waals surface area contributed by atoms with Crippen molar-refractivity contribution in [1.29, 1.82) is 0 Å². The molecular formula is C23H27ClN2O4. The molecule has 2 aromatic rings. The molecule has 0 radical (unpaired) electrons. The van der Waals surface area contributed by atoms with Crippen molar-refractivity contribution in [3.05, 3.63) is 59.1 Å². The van der Waals surface area contributed by atoms with E-state index >= 15 is 0 Å². The number of halogens is 1. The lowest BCUT2D eigenvalue weighted by molar-refractivity contribution is -0.128. The van der Waals surface area contributed by atoms with Crippen LogP contribution >= 0.6 is 11.6 Å². The molecule has 1 N–H and O–H groups in total. The number of nitrogens with one attached hydrogen (secondary N) is 1. The summed E-state index contributed by atoms with van der Waals surface area (Å²) >= 11 is 6.08. The maximum Gasteiger partial charge on any atom is 0.260 e. The van der Waals surface area contributed by atoms with Gasteiger partial charge in [-0.05, 0) is 63.1 Å². The molecule has 0 saturated carbocycles. The highest BCUT2D eigenvalue weighted by Crippen LogP contribution is 2.24. The highest BCUT2D eigenvalue weighted by atomic mass is 35.5. The predicted octanol–water partition coefficient (Wildman–Crippen LogP) is 3.93. The van der Waals surface area contributed by atoms with Crippen LogP contribution in [0.5, 0.6) is 11.5 Å². The molecule has 0 aromatic heterocycles. The van der Waals surface area contributed by atoms with Crippen LogP contribution in [0.2, 0.25) is 5.02 Å². The Bertz CT molecular complexity index is 864. The molecule has 1 unspecified atom stereocenters. The Morgan fingerprint density at radius 1 is 1.13 bits per heavy atom. The molecule has 7 heteroatoms. The molecule has 2 aromatic carbocycles. The van der Waals surface area contributed by atoms with E-state index in [0.717, 1.165) is 5.75 Å². The number of amides is 2. The van der Waals surface area contributed by atoms with Gasteiger partial charge in [0.2, 0.25) is 0 Å². The topological polar surface area (TPSA) is 67.9 Å². The summed E-state index contributed by atoms with van der Waals surface area (Å²) in [7, 11) is 0. The zero-order valence-electron chi connectivity index (χ0n) is 17.3. The molecule has 1 fully saturated rings. The van der Waals surface area contributed by atoms with E-state index < -0.39 is 6.10 Å². The van der Waals surface area contributed by atoms with E-state index in [4.69, 9.17) is 21.1 Å². The number of carbonyl (C=O) groups is 2. The fourth-order valence-electron chi connectivity index (χ4n) is 3.37. The third kappa shape index (κ3) is 5.66. The first-order valence-corrected chi connectivity index (χ1v) is 10.6. The quantitative estimate of drug-likeness (QED) is 0.722. The van der Waals surface area contributed by atoms with E-state index in [1.54, 1.807) is 31.2 Å². The number of ether oxygens (including phenoxy) is 2. The average Bonchev–Trinajstić information content (AvgIpc) is 2.76. The lowest BCUT2D eigenvalue weighted by Crippen LogP contribution is -2.49. The summed E-state index contributed by atoms with van der Waals surface area (Å²) in [6.45, 7) is 5.40. The number of hydrogen-bond acceptors (Lipinski definition) is 4. The summed E-state index contributed by atoms with van der Waals surface area (Å²) in [5.74, 6) is 1.05. The van der Waals surface area contributed by atoms with Crippen LogP contribution in [0.1, 0.15) is 37.0 Å². The molecule has 2 amide bonds. The van der Waals surface area contributed by atoms with Gasteiger partial charge in [0.15, 0.2) is 6.10 Å². The molecule has 30 heavy (non-hydrogen) atoms. The van der Waals surface area contributed by atoms with E-state index in [1.807, 2.05) is 36.1 Å². The molecule has 1 aliphatic heterocycles. The minimum absolute atomic E-state index is 0.00162. The van der Waals surface area contributed by atoms with Gasteiger partial charge in [0.1, 0.15) is 11.5 Å². The van der Waals surface area contributed by atoms with Crippen molar-refractivity contribution in [1.82, 2.24) is 10.2 Å². The zero-order valence-corrected chi connectivity index (χ0v) is 18.0. The summed E-state index contributed by atoms with van der Waals surface area (Å²) in [5, 5.41) is 3.49. The van der Waals surface area contributed by atoms with Crippen molar-refractivity contribution in [3.8, 4) is 11.5 Å². The molecule has 0 spiro atoms. The second-order valence-corrected chi connectivity index (χ2v) is 7.63. The molecule has 1 aliphatic rings. The Hall–Kier alpha value is -2.73. The number of carbonyl (C=O) groups excluding carboxylic acids is 2. The molecule has 0 bridgehead atoms. The monoisotopic (exact) mass is 430 g/mol. The van der Waals surface area contributed by atoms with Crippen LogP contribution in [0.3, 0.4) is 0 Å². The molecule has 160 valence electrons. The highest BCUT2D eigenvalue weighted by molar-refractivity contribution is 6.32. The van der Waals surface area contributed by atoms with Crippen molar-refractivity contribution in [2.24, 2.45) is 0 Å². The fourth-order valence-corrected chi connectivity index (χ4v) is 3.55. The average molecular weight is 431 g/mol. The van der Waals surface area contributed by atoms with Crippen molar-refractivity contribution < 1.29 is 19.1 Å². The van der Waals surface area contributed by atoms with E-state index in [2.05, 4.69) is 5.32 Å². The summed E-state index contributed by atoms with van der Waals surface area (Å²) in [5.41, 5.74) is 0.641. The van der Waals surface area contributed by atoms with Crippen LogP contribution in [0.15, 0.2) is 48.5 Å². The first-order valence-electron chi connectivity index (χ1n) is 10.2. The van der Waals surface area contributed by atoms with Gasteiger partial charge >= 0.3 is 0 Å². The van der Waals surface area contributed by atoms with E-state index in [9.17, 15) is 9.59 Å². The van der Waals surface area contributed by atoms with Crippen LogP contribution in [0.25, 0.3) is 0 Å². The van der Waals surface area contributed by atoms with Gasteiger partial charge in [-0.25, -0.2) is 0 Å². The van der Waals surface area contributed by atoms with Crippen molar-refractivity contribution in [2.45, 2.75) is 38.8 Å². The number of rotatable bonds is 7. The molecule has 1 heterocycles. The number of hydrogen-bond donors (Lipinski definition) is 1.